The Labute approximate surface area is 127 Å². The molecule has 0 atom stereocenters. The van der Waals surface area contributed by atoms with Crippen molar-refractivity contribution in [2.24, 2.45) is 5.92 Å². The van der Waals surface area contributed by atoms with Gasteiger partial charge in [0.2, 0.25) is 5.91 Å². The Morgan fingerprint density at radius 3 is 2.67 bits per heavy atom. The van der Waals surface area contributed by atoms with Crippen molar-refractivity contribution >= 4 is 11.6 Å². The van der Waals surface area contributed by atoms with Crippen molar-refractivity contribution in [3.05, 3.63) is 30.1 Å². The fourth-order valence-corrected chi connectivity index (χ4v) is 2.13. The van der Waals surface area contributed by atoms with Crippen LogP contribution in [0.1, 0.15) is 46.0 Å². The summed E-state index contributed by atoms with van der Waals surface area (Å²) in [4.78, 5) is 11.6. The summed E-state index contributed by atoms with van der Waals surface area (Å²) in [6.07, 6.45) is 6.13. The molecule has 0 unspecified atom stereocenters. The normalized spacial score (nSPS) is 10.9. The van der Waals surface area contributed by atoms with Gasteiger partial charge in [-0.2, -0.15) is 0 Å². The number of carbonyl (C=O) groups excluding carboxylic acids is 1. The Kier molecular flexibility index (Phi) is 8.67. The van der Waals surface area contributed by atoms with Gasteiger partial charge in [-0.25, -0.2) is 4.39 Å². The van der Waals surface area contributed by atoms with Crippen molar-refractivity contribution in [1.29, 1.82) is 0 Å². The number of anilines is 1. The van der Waals surface area contributed by atoms with Crippen LogP contribution in [0.15, 0.2) is 24.3 Å². The largest absolute Gasteiger partial charge is 0.325 e. The molecule has 0 spiro atoms. The Morgan fingerprint density at radius 2 is 1.95 bits per heavy atom. The number of unbranched alkanes of at least 4 members (excludes halogenated alkanes) is 3. The molecule has 1 aromatic rings. The van der Waals surface area contributed by atoms with Gasteiger partial charge in [-0.15, -0.1) is 0 Å². The van der Waals surface area contributed by atoms with Gasteiger partial charge in [-0.3, -0.25) is 4.79 Å². The van der Waals surface area contributed by atoms with Crippen LogP contribution in [0.4, 0.5) is 10.1 Å². The highest BCUT2D eigenvalue weighted by atomic mass is 19.1. The van der Waals surface area contributed by atoms with Crippen LogP contribution >= 0.6 is 0 Å². The van der Waals surface area contributed by atoms with Gasteiger partial charge in [0.1, 0.15) is 5.82 Å². The molecular weight excluding hydrogens is 267 g/mol. The van der Waals surface area contributed by atoms with Gasteiger partial charge in [0.25, 0.3) is 0 Å². The second-order valence-electron chi connectivity index (χ2n) is 5.83. The van der Waals surface area contributed by atoms with Crippen molar-refractivity contribution in [2.45, 2.75) is 46.0 Å². The third-order valence-electron chi connectivity index (χ3n) is 3.28. The van der Waals surface area contributed by atoms with E-state index in [1.54, 1.807) is 12.1 Å². The van der Waals surface area contributed by atoms with E-state index < -0.39 is 0 Å². The minimum absolute atomic E-state index is 0.139. The van der Waals surface area contributed by atoms with E-state index in [0.29, 0.717) is 5.69 Å². The van der Waals surface area contributed by atoms with E-state index in [1.807, 2.05) is 0 Å². The summed E-state index contributed by atoms with van der Waals surface area (Å²) in [5, 5.41) is 5.78. The monoisotopic (exact) mass is 294 g/mol. The van der Waals surface area contributed by atoms with Crippen LogP contribution in [-0.2, 0) is 4.79 Å². The molecule has 1 amide bonds. The minimum Gasteiger partial charge on any atom is -0.325 e. The number of rotatable bonds is 10. The first kappa shape index (κ1) is 17.6. The quantitative estimate of drug-likeness (QED) is 0.641. The van der Waals surface area contributed by atoms with Crippen molar-refractivity contribution in [1.82, 2.24) is 5.32 Å². The smallest absolute Gasteiger partial charge is 0.238 e. The first-order valence-electron chi connectivity index (χ1n) is 7.84. The molecule has 1 aromatic carbocycles. The first-order valence-corrected chi connectivity index (χ1v) is 7.84. The number of hydrogen-bond acceptors (Lipinski definition) is 2. The summed E-state index contributed by atoms with van der Waals surface area (Å²) < 4.78 is 13.0. The zero-order valence-electron chi connectivity index (χ0n) is 13.1. The summed E-state index contributed by atoms with van der Waals surface area (Å²) in [7, 11) is 0. The summed E-state index contributed by atoms with van der Waals surface area (Å²) in [6.45, 7) is 5.61. The number of hydrogen-bond donors (Lipinski definition) is 2. The van der Waals surface area contributed by atoms with Gasteiger partial charge >= 0.3 is 0 Å². The van der Waals surface area contributed by atoms with Crippen LogP contribution in [0.3, 0.4) is 0 Å². The molecule has 0 heterocycles. The number of halogens is 1. The molecule has 0 bridgehead atoms. The molecule has 118 valence electrons. The van der Waals surface area contributed by atoms with Crippen LogP contribution in [-0.4, -0.2) is 19.0 Å². The third-order valence-corrected chi connectivity index (χ3v) is 3.28. The average molecular weight is 294 g/mol. The molecule has 4 heteroatoms. The molecule has 2 N–H and O–H groups in total. The number of benzene rings is 1. The Hall–Kier alpha value is -1.42. The van der Waals surface area contributed by atoms with Gasteiger partial charge in [0.05, 0.1) is 6.54 Å². The second kappa shape index (κ2) is 10.3. The predicted molar refractivity (Wildman–Crippen MR) is 85.8 cm³/mol. The van der Waals surface area contributed by atoms with E-state index in [1.165, 1.54) is 37.8 Å². The summed E-state index contributed by atoms with van der Waals surface area (Å²) in [6, 6.07) is 5.92. The lowest BCUT2D eigenvalue weighted by atomic mass is 10.0. The van der Waals surface area contributed by atoms with E-state index in [4.69, 9.17) is 0 Å². The van der Waals surface area contributed by atoms with Crippen molar-refractivity contribution in [2.75, 3.05) is 18.4 Å². The third kappa shape index (κ3) is 9.19. The molecule has 1 rings (SSSR count). The molecular formula is C17H27FN2O. The SMILES string of the molecule is CC(C)CCCCCCNCC(=O)Nc1cccc(F)c1. The first-order chi connectivity index (χ1) is 10.1. The highest BCUT2D eigenvalue weighted by Gasteiger charge is 2.02. The highest BCUT2D eigenvalue weighted by Crippen LogP contribution is 2.09. The van der Waals surface area contributed by atoms with Crippen molar-refractivity contribution in [3.8, 4) is 0 Å². The fourth-order valence-electron chi connectivity index (χ4n) is 2.13. The van der Waals surface area contributed by atoms with Crippen LogP contribution in [0, 0.1) is 11.7 Å². The van der Waals surface area contributed by atoms with E-state index in [-0.39, 0.29) is 18.3 Å². The van der Waals surface area contributed by atoms with E-state index in [0.717, 1.165) is 18.9 Å². The van der Waals surface area contributed by atoms with Crippen LogP contribution in [0.5, 0.6) is 0 Å². The van der Waals surface area contributed by atoms with E-state index in [9.17, 15) is 9.18 Å². The van der Waals surface area contributed by atoms with Crippen LogP contribution in [0.2, 0.25) is 0 Å². The van der Waals surface area contributed by atoms with Gasteiger partial charge in [0, 0.05) is 5.69 Å². The Balaban J connectivity index is 2.01. The maximum absolute atomic E-state index is 13.0. The lowest BCUT2D eigenvalue weighted by Crippen LogP contribution is -2.28. The number of carbonyl (C=O) groups is 1. The van der Waals surface area contributed by atoms with Gasteiger partial charge in [0.15, 0.2) is 0 Å². The summed E-state index contributed by atoms with van der Waals surface area (Å²) >= 11 is 0. The zero-order chi connectivity index (χ0) is 15.5. The molecule has 0 aliphatic heterocycles. The van der Waals surface area contributed by atoms with E-state index in [2.05, 4.69) is 24.5 Å². The van der Waals surface area contributed by atoms with Gasteiger partial charge in [-0.05, 0) is 37.1 Å². The Bertz CT molecular complexity index is 421. The zero-order valence-corrected chi connectivity index (χ0v) is 13.1. The minimum atomic E-state index is -0.345. The van der Waals surface area contributed by atoms with Gasteiger partial charge < -0.3 is 10.6 Å². The van der Waals surface area contributed by atoms with E-state index >= 15 is 0 Å². The molecule has 0 aromatic heterocycles. The lowest BCUT2D eigenvalue weighted by molar-refractivity contribution is -0.115. The highest BCUT2D eigenvalue weighted by molar-refractivity contribution is 5.92. The van der Waals surface area contributed by atoms with Crippen LogP contribution < -0.4 is 10.6 Å². The number of amides is 1. The topological polar surface area (TPSA) is 41.1 Å². The molecule has 0 aliphatic rings. The molecule has 21 heavy (non-hydrogen) atoms. The second-order valence-corrected chi connectivity index (χ2v) is 5.83. The molecule has 0 saturated carbocycles. The molecule has 0 aliphatic carbocycles. The molecule has 0 fully saturated rings. The fraction of sp³-hybridized carbons (Fsp3) is 0.588. The predicted octanol–water partition coefficient (Wildman–Crippen LogP) is 3.96. The summed E-state index contributed by atoms with van der Waals surface area (Å²) in [5.74, 6) is 0.303. The van der Waals surface area contributed by atoms with Crippen molar-refractivity contribution < 1.29 is 9.18 Å². The van der Waals surface area contributed by atoms with Crippen LogP contribution in [0.25, 0.3) is 0 Å². The summed E-state index contributed by atoms with van der Waals surface area (Å²) in [5.41, 5.74) is 0.496. The maximum Gasteiger partial charge on any atom is 0.238 e. The molecule has 0 saturated heterocycles. The number of nitrogens with one attached hydrogen (secondary N) is 2. The standard InChI is InChI=1S/C17H27FN2O/c1-14(2)8-5-3-4-6-11-19-13-17(21)20-16-10-7-9-15(18)12-16/h7,9-10,12,14,19H,3-6,8,11,13H2,1-2H3,(H,20,21). The maximum atomic E-state index is 13.0. The Morgan fingerprint density at radius 1 is 1.19 bits per heavy atom. The van der Waals surface area contributed by atoms with Gasteiger partial charge in [-0.1, -0.05) is 45.6 Å². The average Bonchev–Trinajstić information content (AvgIpc) is 2.41. The van der Waals surface area contributed by atoms with Crippen molar-refractivity contribution in [3.63, 3.8) is 0 Å². The lowest BCUT2D eigenvalue weighted by Gasteiger charge is -2.07. The molecule has 3 nitrogen and oxygen atoms in total. The molecule has 0 radical (unpaired) electrons.